The van der Waals surface area contributed by atoms with Gasteiger partial charge in [0.25, 0.3) is 0 Å². The maximum Gasteiger partial charge on any atom is 0.150 e. The van der Waals surface area contributed by atoms with E-state index in [4.69, 9.17) is 4.74 Å². The second kappa shape index (κ2) is 7.66. The van der Waals surface area contributed by atoms with Gasteiger partial charge in [-0.25, -0.2) is 8.42 Å². The van der Waals surface area contributed by atoms with E-state index >= 15 is 0 Å². The van der Waals surface area contributed by atoms with Crippen molar-refractivity contribution < 1.29 is 13.2 Å². The minimum Gasteiger partial charge on any atom is -0.501 e. The number of hydrogen-bond donors (Lipinski definition) is 0. The molecule has 0 amide bonds. The summed E-state index contributed by atoms with van der Waals surface area (Å²) in [4.78, 5) is 0. The van der Waals surface area contributed by atoms with Crippen LogP contribution < -0.4 is 0 Å². The molecule has 21 heavy (non-hydrogen) atoms. The van der Waals surface area contributed by atoms with Gasteiger partial charge in [0.15, 0.2) is 0 Å². The van der Waals surface area contributed by atoms with Gasteiger partial charge in [-0.2, -0.15) is 0 Å². The van der Waals surface area contributed by atoms with Crippen molar-refractivity contribution >= 4 is 9.84 Å². The Morgan fingerprint density at radius 3 is 2.62 bits per heavy atom. The highest BCUT2D eigenvalue weighted by Gasteiger charge is 2.32. The summed E-state index contributed by atoms with van der Waals surface area (Å²) < 4.78 is 29.2. The van der Waals surface area contributed by atoms with Gasteiger partial charge in [-0.15, -0.1) is 0 Å². The van der Waals surface area contributed by atoms with E-state index in [2.05, 4.69) is 6.92 Å². The van der Waals surface area contributed by atoms with Crippen molar-refractivity contribution in [1.82, 2.24) is 0 Å². The second-order valence-electron chi connectivity index (χ2n) is 6.82. The molecule has 0 radical (unpaired) electrons. The van der Waals surface area contributed by atoms with Crippen LogP contribution in [0.25, 0.3) is 0 Å². The fourth-order valence-electron chi connectivity index (χ4n) is 3.70. The molecule has 1 saturated carbocycles. The third-order valence-corrected chi connectivity index (χ3v) is 7.06. The number of sulfone groups is 1. The average molecular weight is 314 g/mol. The van der Waals surface area contributed by atoms with Gasteiger partial charge in [0.05, 0.1) is 24.4 Å². The van der Waals surface area contributed by atoms with Crippen molar-refractivity contribution in [2.75, 3.05) is 18.1 Å². The Hall–Kier alpha value is -0.510. The first-order chi connectivity index (χ1) is 10.1. The number of rotatable bonds is 6. The molecule has 1 atom stereocenters. The van der Waals surface area contributed by atoms with Gasteiger partial charge in [-0.1, -0.05) is 13.3 Å². The van der Waals surface area contributed by atoms with Crippen LogP contribution in [0.5, 0.6) is 0 Å². The van der Waals surface area contributed by atoms with E-state index in [-0.39, 0.29) is 5.41 Å². The Labute approximate surface area is 130 Å². The van der Waals surface area contributed by atoms with Crippen LogP contribution in [-0.4, -0.2) is 26.5 Å². The minimum absolute atomic E-state index is 0.230. The SMILES string of the molecule is CCC1(CCCOC=C2CCCC2)CCCS(=O)(=O)CC1. The van der Waals surface area contributed by atoms with Crippen LogP contribution >= 0.6 is 0 Å². The number of ether oxygens (including phenoxy) is 1. The Morgan fingerprint density at radius 2 is 1.90 bits per heavy atom. The monoisotopic (exact) mass is 314 g/mol. The molecule has 1 unspecified atom stereocenters. The summed E-state index contributed by atoms with van der Waals surface area (Å²) in [5.74, 6) is 0.767. The van der Waals surface area contributed by atoms with E-state index < -0.39 is 9.84 Å². The van der Waals surface area contributed by atoms with Crippen molar-refractivity contribution in [2.24, 2.45) is 5.41 Å². The van der Waals surface area contributed by atoms with Gasteiger partial charge in [-0.3, -0.25) is 0 Å². The molecule has 1 aliphatic heterocycles. The Balaban J connectivity index is 1.75. The van der Waals surface area contributed by atoms with Crippen molar-refractivity contribution in [3.8, 4) is 0 Å². The molecule has 0 aromatic rings. The predicted molar refractivity (Wildman–Crippen MR) is 87.0 cm³/mol. The highest BCUT2D eigenvalue weighted by Crippen LogP contribution is 2.39. The van der Waals surface area contributed by atoms with E-state index in [1.165, 1.54) is 31.3 Å². The molecular weight excluding hydrogens is 284 g/mol. The van der Waals surface area contributed by atoms with Gasteiger partial charge in [-0.05, 0) is 68.8 Å². The van der Waals surface area contributed by atoms with Crippen molar-refractivity contribution in [2.45, 2.75) is 71.1 Å². The van der Waals surface area contributed by atoms with E-state index in [0.29, 0.717) is 11.5 Å². The molecule has 0 bridgehead atoms. The molecule has 2 fully saturated rings. The molecule has 1 saturated heterocycles. The lowest BCUT2D eigenvalue weighted by Crippen LogP contribution is -2.21. The summed E-state index contributed by atoms with van der Waals surface area (Å²) in [5.41, 5.74) is 1.69. The summed E-state index contributed by atoms with van der Waals surface area (Å²) in [7, 11) is -2.79. The van der Waals surface area contributed by atoms with Crippen LogP contribution in [0.3, 0.4) is 0 Å². The topological polar surface area (TPSA) is 43.4 Å². The molecule has 0 spiro atoms. The van der Waals surface area contributed by atoms with Crippen LogP contribution in [0.15, 0.2) is 11.8 Å². The Bertz CT molecular complexity index is 445. The first-order valence-corrected chi connectivity index (χ1v) is 10.4. The zero-order chi connectivity index (χ0) is 15.2. The fourth-order valence-corrected chi connectivity index (χ4v) is 5.23. The van der Waals surface area contributed by atoms with Crippen molar-refractivity contribution in [3.05, 3.63) is 11.8 Å². The molecule has 1 aliphatic carbocycles. The highest BCUT2D eigenvalue weighted by atomic mass is 32.2. The maximum atomic E-state index is 11.8. The van der Waals surface area contributed by atoms with E-state index in [9.17, 15) is 8.42 Å². The summed E-state index contributed by atoms with van der Waals surface area (Å²) >= 11 is 0. The minimum atomic E-state index is -2.79. The summed E-state index contributed by atoms with van der Waals surface area (Å²) in [5, 5.41) is 0. The van der Waals surface area contributed by atoms with Gasteiger partial charge in [0, 0.05) is 0 Å². The Kier molecular flexibility index (Phi) is 6.15. The molecule has 2 rings (SSSR count). The number of hydrogen-bond acceptors (Lipinski definition) is 3. The third kappa shape index (κ3) is 5.32. The lowest BCUT2D eigenvalue weighted by molar-refractivity contribution is 0.174. The predicted octanol–water partition coefficient (Wildman–Crippen LogP) is 4.24. The summed E-state index contributed by atoms with van der Waals surface area (Å²) in [6.07, 6.45) is 13.0. The first kappa shape index (κ1) is 16.9. The van der Waals surface area contributed by atoms with E-state index in [1.54, 1.807) is 0 Å². The molecule has 4 heteroatoms. The second-order valence-corrected chi connectivity index (χ2v) is 9.12. The summed E-state index contributed by atoms with van der Waals surface area (Å²) in [6.45, 7) is 2.98. The Morgan fingerprint density at radius 1 is 1.14 bits per heavy atom. The normalized spacial score (nSPS) is 29.1. The van der Waals surface area contributed by atoms with Crippen molar-refractivity contribution in [3.63, 3.8) is 0 Å². The van der Waals surface area contributed by atoms with Crippen LogP contribution in [-0.2, 0) is 14.6 Å². The average Bonchev–Trinajstić information content (AvgIpc) is 2.91. The largest absolute Gasteiger partial charge is 0.501 e. The molecule has 0 N–H and O–H groups in total. The molecular formula is C17H30O3S. The zero-order valence-corrected chi connectivity index (χ0v) is 14.2. The molecule has 3 nitrogen and oxygen atoms in total. The van der Waals surface area contributed by atoms with Crippen LogP contribution in [0.1, 0.15) is 71.1 Å². The zero-order valence-electron chi connectivity index (χ0n) is 13.4. The molecule has 2 aliphatic rings. The van der Waals surface area contributed by atoms with Crippen LogP contribution in [0.2, 0.25) is 0 Å². The van der Waals surface area contributed by atoms with Gasteiger partial charge < -0.3 is 4.74 Å². The van der Waals surface area contributed by atoms with Crippen LogP contribution in [0, 0.1) is 5.41 Å². The fraction of sp³-hybridized carbons (Fsp3) is 0.882. The summed E-state index contributed by atoms with van der Waals surface area (Å²) in [6, 6.07) is 0. The smallest absolute Gasteiger partial charge is 0.150 e. The van der Waals surface area contributed by atoms with Crippen molar-refractivity contribution in [1.29, 1.82) is 0 Å². The number of allylic oxidation sites excluding steroid dienone is 1. The first-order valence-electron chi connectivity index (χ1n) is 8.55. The van der Waals surface area contributed by atoms with E-state index in [0.717, 1.165) is 45.1 Å². The van der Waals surface area contributed by atoms with Gasteiger partial charge in [0.2, 0.25) is 0 Å². The standard InChI is InChI=1S/C17H30O3S/c1-2-17(10-6-13-21(18,19)14-11-17)9-5-12-20-15-16-7-3-4-8-16/h15H,2-14H2,1H3. The lowest BCUT2D eigenvalue weighted by Gasteiger charge is -2.31. The third-order valence-electron chi connectivity index (χ3n) is 5.32. The maximum absolute atomic E-state index is 11.8. The quantitative estimate of drug-likeness (QED) is 0.544. The van der Waals surface area contributed by atoms with Gasteiger partial charge in [0.1, 0.15) is 9.84 Å². The molecule has 0 aromatic carbocycles. The molecule has 1 heterocycles. The van der Waals surface area contributed by atoms with Crippen LogP contribution in [0.4, 0.5) is 0 Å². The highest BCUT2D eigenvalue weighted by molar-refractivity contribution is 7.91. The molecule has 122 valence electrons. The lowest BCUT2D eigenvalue weighted by atomic mass is 9.75. The molecule has 0 aromatic heterocycles. The van der Waals surface area contributed by atoms with Gasteiger partial charge >= 0.3 is 0 Å². The van der Waals surface area contributed by atoms with E-state index in [1.807, 2.05) is 6.26 Å².